The number of alkyl halides is 3. The van der Waals surface area contributed by atoms with Gasteiger partial charge in [0, 0.05) is 18.7 Å². The van der Waals surface area contributed by atoms with E-state index in [4.69, 9.17) is 11.6 Å². The first kappa shape index (κ1) is 31.9. The van der Waals surface area contributed by atoms with Gasteiger partial charge in [-0.2, -0.15) is 13.2 Å². The molecule has 0 radical (unpaired) electrons. The second-order valence-corrected chi connectivity index (χ2v) is 11.3. The van der Waals surface area contributed by atoms with Crippen LogP contribution in [0.25, 0.3) is 0 Å². The van der Waals surface area contributed by atoms with E-state index < -0.39 is 69.2 Å². The number of amides is 2. The van der Waals surface area contributed by atoms with Crippen molar-refractivity contribution in [1.29, 1.82) is 0 Å². The van der Waals surface area contributed by atoms with Gasteiger partial charge in [-0.1, -0.05) is 54.9 Å². The molecule has 0 fully saturated rings. The zero-order valence-corrected chi connectivity index (χ0v) is 23.7. The number of rotatable bonds is 11. The largest absolute Gasteiger partial charge is 0.417 e. The third-order valence-electron chi connectivity index (χ3n) is 6.17. The average molecular weight is 614 g/mol. The SMILES string of the molecule is CCCNC(=O)[C@@H](C)N(Cc1ccccc1F)C(=O)CN(c1ccc(Cl)c(C(F)(F)F)c1)S(=O)(=O)c1ccccc1. The van der Waals surface area contributed by atoms with Gasteiger partial charge in [0.2, 0.25) is 11.8 Å². The number of carbonyl (C=O) groups excluding carboxylic acids is 2. The summed E-state index contributed by atoms with van der Waals surface area (Å²) in [6.07, 6.45) is -4.32. The molecule has 1 atom stereocenters. The van der Waals surface area contributed by atoms with Gasteiger partial charge < -0.3 is 10.2 Å². The number of sulfonamides is 1. The van der Waals surface area contributed by atoms with E-state index in [9.17, 15) is 35.6 Å². The molecule has 41 heavy (non-hydrogen) atoms. The number of nitrogens with zero attached hydrogens (tertiary/aromatic N) is 2. The highest BCUT2D eigenvalue weighted by molar-refractivity contribution is 7.92. The van der Waals surface area contributed by atoms with Crippen molar-refractivity contribution in [3.8, 4) is 0 Å². The average Bonchev–Trinajstić information content (AvgIpc) is 2.93. The fourth-order valence-electron chi connectivity index (χ4n) is 3.92. The Balaban J connectivity index is 2.11. The molecule has 0 aliphatic heterocycles. The van der Waals surface area contributed by atoms with E-state index >= 15 is 0 Å². The van der Waals surface area contributed by atoms with E-state index in [0.29, 0.717) is 23.3 Å². The molecule has 7 nitrogen and oxygen atoms in total. The van der Waals surface area contributed by atoms with Gasteiger partial charge >= 0.3 is 6.18 Å². The molecule has 13 heteroatoms. The third kappa shape index (κ3) is 7.76. The fourth-order valence-corrected chi connectivity index (χ4v) is 5.57. The van der Waals surface area contributed by atoms with Crippen molar-refractivity contribution in [2.24, 2.45) is 0 Å². The van der Waals surface area contributed by atoms with Crippen LogP contribution in [0.5, 0.6) is 0 Å². The predicted molar refractivity (Wildman–Crippen MR) is 147 cm³/mol. The van der Waals surface area contributed by atoms with Crippen LogP contribution in [0.3, 0.4) is 0 Å². The lowest BCUT2D eigenvalue weighted by Gasteiger charge is -2.32. The lowest BCUT2D eigenvalue weighted by molar-refractivity contribution is -0.139. The van der Waals surface area contributed by atoms with Crippen molar-refractivity contribution in [3.63, 3.8) is 0 Å². The number of nitrogens with one attached hydrogen (secondary N) is 1. The molecule has 1 N–H and O–H groups in total. The maximum Gasteiger partial charge on any atom is 0.417 e. The first-order valence-electron chi connectivity index (χ1n) is 12.5. The Morgan fingerprint density at radius 1 is 1.00 bits per heavy atom. The summed E-state index contributed by atoms with van der Waals surface area (Å²) < 4.78 is 83.5. The van der Waals surface area contributed by atoms with Gasteiger partial charge in [-0.15, -0.1) is 0 Å². The molecule has 220 valence electrons. The highest BCUT2D eigenvalue weighted by atomic mass is 35.5. The standard InChI is InChI=1S/C28H28ClF4N3O4S/c1-3-15-34-27(38)19(2)35(17-20-9-7-8-12-25(20)30)26(37)18-36(41(39,40)22-10-5-4-6-11-22)21-13-14-24(29)23(16-21)28(31,32)33/h4-14,16,19H,3,15,17-18H2,1-2H3,(H,34,38)/t19-/m1/s1. The minimum Gasteiger partial charge on any atom is -0.354 e. The van der Waals surface area contributed by atoms with E-state index in [1.165, 1.54) is 55.5 Å². The van der Waals surface area contributed by atoms with Crippen LogP contribution in [0.4, 0.5) is 23.2 Å². The molecule has 2 amide bonds. The Hall–Kier alpha value is -3.64. The zero-order chi connectivity index (χ0) is 30.4. The van der Waals surface area contributed by atoms with E-state index in [0.717, 1.165) is 17.0 Å². The lowest BCUT2D eigenvalue weighted by atomic mass is 10.1. The molecule has 0 bridgehead atoms. The van der Waals surface area contributed by atoms with Crippen LogP contribution < -0.4 is 9.62 Å². The van der Waals surface area contributed by atoms with Crippen LogP contribution in [-0.2, 0) is 32.3 Å². The van der Waals surface area contributed by atoms with Gasteiger partial charge in [-0.3, -0.25) is 13.9 Å². The molecule has 0 unspecified atom stereocenters. The molecule has 0 saturated heterocycles. The molecule has 3 aromatic rings. The van der Waals surface area contributed by atoms with Crippen LogP contribution in [0.2, 0.25) is 5.02 Å². The summed E-state index contributed by atoms with van der Waals surface area (Å²) in [6, 6.07) is 13.7. The monoisotopic (exact) mass is 613 g/mol. The summed E-state index contributed by atoms with van der Waals surface area (Å²) in [7, 11) is -4.60. The lowest BCUT2D eigenvalue weighted by Crippen LogP contribution is -2.51. The van der Waals surface area contributed by atoms with Crippen LogP contribution in [0.15, 0.2) is 77.7 Å². The van der Waals surface area contributed by atoms with Gasteiger partial charge in [0.25, 0.3) is 10.0 Å². The number of carbonyl (C=O) groups is 2. The molecule has 0 heterocycles. The number of halogens is 5. The zero-order valence-electron chi connectivity index (χ0n) is 22.2. The van der Waals surface area contributed by atoms with Gasteiger partial charge in [0.05, 0.1) is 21.2 Å². The summed E-state index contributed by atoms with van der Waals surface area (Å²) in [4.78, 5) is 27.3. The number of benzene rings is 3. The van der Waals surface area contributed by atoms with Gasteiger partial charge in [-0.05, 0) is 49.7 Å². The fraction of sp³-hybridized carbons (Fsp3) is 0.286. The molecular weight excluding hydrogens is 586 g/mol. The van der Waals surface area contributed by atoms with Crippen molar-refractivity contribution in [1.82, 2.24) is 10.2 Å². The first-order chi connectivity index (χ1) is 19.3. The quantitative estimate of drug-likeness (QED) is 0.284. The highest BCUT2D eigenvalue weighted by Crippen LogP contribution is 2.38. The summed E-state index contributed by atoms with van der Waals surface area (Å²) in [6.45, 7) is 2.12. The maximum absolute atomic E-state index is 14.5. The normalized spacial score (nSPS) is 12.5. The van der Waals surface area contributed by atoms with Crippen molar-refractivity contribution >= 4 is 39.1 Å². The van der Waals surface area contributed by atoms with Crippen molar-refractivity contribution in [2.75, 3.05) is 17.4 Å². The minimum atomic E-state index is -4.91. The maximum atomic E-state index is 14.5. The highest BCUT2D eigenvalue weighted by Gasteiger charge is 2.37. The van der Waals surface area contributed by atoms with Crippen LogP contribution >= 0.6 is 11.6 Å². The molecular formula is C28H28ClF4N3O4S. The topological polar surface area (TPSA) is 86.8 Å². The van der Waals surface area contributed by atoms with Crippen molar-refractivity contribution in [3.05, 3.63) is 94.8 Å². The van der Waals surface area contributed by atoms with E-state index in [1.54, 1.807) is 6.07 Å². The molecule has 0 spiro atoms. The molecule has 0 aromatic heterocycles. The second kappa shape index (κ2) is 13.3. The molecule has 3 aromatic carbocycles. The van der Waals surface area contributed by atoms with Gasteiger partial charge in [-0.25, -0.2) is 12.8 Å². The third-order valence-corrected chi connectivity index (χ3v) is 8.29. The minimum absolute atomic E-state index is 0.0549. The Morgan fingerprint density at radius 3 is 2.24 bits per heavy atom. The van der Waals surface area contributed by atoms with Crippen LogP contribution in [0, 0.1) is 5.82 Å². The molecule has 3 rings (SSSR count). The van der Waals surface area contributed by atoms with Crippen LogP contribution in [-0.4, -0.2) is 44.3 Å². The second-order valence-electron chi connectivity index (χ2n) is 9.07. The Bertz CT molecular complexity index is 1490. The number of anilines is 1. The Kier molecular flexibility index (Phi) is 10.4. The summed E-state index contributed by atoms with van der Waals surface area (Å²) >= 11 is 5.75. The number of hydrogen-bond acceptors (Lipinski definition) is 4. The Morgan fingerprint density at radius 2 is 1.63 bits per heavy atom. The summed E-state index contributed by atoms with van der Waals surface area (Å²) in [5, 5.41) is 1.98. The molecule has 0 saturated carbocycles. The van der Waals surface area contributed by atoms with E-state index in [2.05, 4.69) is 5.32 Å². The van der Waals surface area contributed by atoms with Crippen LogP contribution in [0.1, 0.15) is 31.4 Å². The van der Waals surface area contributed by atoms with E-state index in [1.807, 2.05) is 6.92 Å². The van der Waals surface area contributed by atoms with Crippen molar-refractivity contribution < 1.29 is 35.6 Å². The van der Waals surface area contributed by atoms with Gasteiger partial charge in [0.1, 0.15) is 18.4 Å². The predicted octanol–water partition coefficient (Wildman–Crippen LogP) is 5.64. The smallest absolute Gasteiger partial charge is 0.354 e. The summed E-state index contributed by atoms with van der Waals surface area (Å²) in [5.41, 5.74) is -1.72. The Labute approximate surface area is 240 Å². The van der Waals surface area contributed by atoms with Gasteiger partial charge in [0.15, 0.2) is 0 Å². The molecule has 0 aliphatic rings. The summed E-state index contributed by atoms with van der Waals surface area (Å²) in [5.74, 6) is -2.18. The first-order valence-corrected chi connectivity index (χ1v) is 14.3. The van der Waals surface area contributed by atoms with Crippen molar-refractivity contribution in [2.45, 2.75) is 43.9 Å². The van der Waals surface area contributed by atoms with E-state index in [-0.39, 0.29) is 10.5 Å². The molecule has 0 aliphatic carbocycles. The number of hydrogen-bond donors (Lipinski definition) is 1.